The molecule has 0 radical (unpaired) electrons. The smallest absolute Gasteiger partial charge is 0.196 e. The number of benzene rings is 1. The normalized spacial score (nSPS) is 42.2. The van der Waals surface area contributed by atoms with Gasteiger partial charge in [0.2, 0.25) is 0 Å². The van der Waals surface area contributed by atoms with E-state index < -0.39 is 17.1 Å². The molecule has 5 atom stereocenters. The zero-order valence-corrected chi connectivity index (χ0v) is 14.9. The van der Waals surface area contributed by atoms with E-state index in [1.807, 2.05) is 29.1 Å². The second-order valence-corrected chi connectivity index (χ2v) is 7.75. The largest absolute Gasteiger partial charge is 0.477 e. The van der Waals surface area contributed by atoms with Crippen LogP contribution in [-0.2, 0) is 16.6 Å². The molecule has 4 nitrogen and oxygen atoms in total. The summed E-state index contributed by atoms with van der Waals surface area (Å²) >= 11 is 1.84. The van der Waals surface area contributed by atoms with Crippen LogP contribution >= 0.6 is 23.0 Å². The summed E-state index contributed by atoms with van der Waals surface area (Å²) < 4.78 is 11.6. The minimum atomic E-state index is -1.01. The second-order valence-electron chi connectivity index (χ2n) is 7.31. The van der Waals surface area contributed by atoms with Crippen LogP contribution < -0.4 is 7.80 Å². The molecule has 0 saturated heterocycles. The van der Waals surface area contributed by atoms with Gasteiger partial charge in [-0.2, -0.15) is 0 Å². The highest BCUT2D eigenvalue weighted by Gasteiger charge is 2.72. The van der Waals surface area contributed by atoms with Crippen LogP contribution in [0.3, 0.4) is 0 Å². The van der Waals surface area contributed by atoms with Gasteiger partial charge in [-0.25, -0.2) is 0 Å². The van der Waals surface area contributed by atoms with Gasteiger partial charge in [-0.05, 0) is 54.9 Å². The number of ether oxygens (including phenoxy) is 1. The highest BCUT2D eigenvalue weighted by atomic mass is 127. The number of rotatable bonds is 1. The maximum atomic E-state index is 12.6. The van der Waals surface area contributed by atoms with E-state index >= 15 is 0 Å². The first-order valence-corrected chi connectivity index (χ1v) is 8.99. The van der Waals surface area contributed by atoms with Gasteiger partial charge in [-0.3, -0.25) is 4.79 Å². The van der Waals surface area contributed by atoms with Crippen LogP contribution in [0.25, 0.3) is 0 Å². The van der Waals surface area contributed by atoms with Crippen molar-refractivity contribution < 1.29 is 17.7 Å². The quantitative estimate of drug-likeness (QED) is 0.705. The lowest BCUT2D eigenvalue weighted by Crippen LogP contribution is -2.70. The third-order valence-corrected chi connectivity index (χ3v) is 7.07. The first-order valence-electron chi connectivity index (χ1n) is 8.11. The van der Waals surface area contributed by atoms with Gasteiger partial charge in [0.25, 0.3) is 0 Å². The van der Waals surface area contributed by atoms with Crippen molar-refractivity contribution in [1.29, 1.82) is 0 Å². The Hall–Kier alpha value is -1.08. The van der Waals surface area contributed by atoms with E-state index in [9.17, 15) is 9.90 Å². The highest BCUT2D eigenvalue weighted by molar-refractivity contribution is 14.1. The van der Waals surface area contributed by atoms with Crippen molar-refractivity contribution >= 4 is 28.8 Å². The topological polar surface area (TPSA) is 55.8 Å². The van der Waals surface area contributed by atoms with Crippen LogP contribution in [0.5, 0.6) is 11.5 Å². The van der Waals surface area contributed by atoms with Crippen LogP contribution in [-0.4, -0.2) is 22.6 Å². The molecule has 0 amide bonds. The molecule has 1 heterocycles. The van der Waals surface area contributed by atoms with Gasteiger partial charge in [0.15, 0.2) is 46.4 Å². The van der Waals surface area contributed by atoms with Crippen LogP contribution in [0.15, 0.2) is 24.3 Å². The van der Waals surface area contributed by atoms with Gasteiger partial charge in [-0.1, -0.05) is 13.0 Å². The molecule has 0 aromatic heterocycles. The predicted octanol–water partition coefficient (Wildman–Crippen LogP) is 2.89. The summed E-state index contributed by atoms with van der Waals surface area (Å²) in [6, 6.07) is 3.99. The zero-order chi connectivity index (χ0) is 16.0. The maximum Gasteiger partial charge on any atom is 0.196 e. The molecule has 1 spiro atoms. The molecule has 1 saturated carbocycles. The number of carbonyl (C=O) groups is 1. The lowest BCUT2D eigenvalue weighted by atomic mass is 9.44. The Morgan fingerprint density at radius 3 is 3.00 bits per heavy atom. The van der Waals surface area contributed by atoms with E-state index in [1.54, 1.807) is 6.08 Å². The van der Waals surface area contributed by atoms with Gasteiger partial charge in [0, 0.05) is 5.56 Å². The van der Waals surface area contributed by atoms with E-state index in [0.717, 1.165) is 24.8 Å². The molecule has 120 valence electrons. The van der Waals surface area contributed by atoms with Crippen LogP contribution in [0, 0.1) is 11.8 Å². The number of halogens is 1. The van der Waals surface area contributed by atoms with Crippen molar-refractivity contribution in [3.8, 4) is 11.5 Å². The Morgan fingerprint density at radius 1 is 1.39 bits per heavy atom. The Bertz CT molecular complexity index is 773. The molecule has 1 fully saturated rings. The molecule has 1 aromatic rings. The molecule has 5 heteroatoms. The van der Waals surface area contributed by atoms with Crippen molar-refractivity contribution in [3.63, 3.8) is 0 Å². The minimum absolute atomic E-state index is 0.0503. The summed E-state index contributed by atoms with van der Waals surface area (Å²) in [6.45, 7) is 2.14. The average Bonchev–Trinajstić information content (AvgIpc) is 2.91. The molecule has 4 aliphatic rings. The Labute approximate surface area is 148 Å². The SMILES string of the molecule is C[C@H]1CC[C@@H]2Cc3ccc(OI)c4c3[C@]13C(O4)C(=O)C=CC23O. The predicted molar refractivity (Wildman–Crippen MR) is 91.9 cm³/mol. The monoisotopic (exact) mass is 424 g/mol. The number of ketones is 1. The Morgan fingerprint density at radius 2 is 2.22 bits per heavy atom. The van der Waals surface area contributed by atoms with Crippen molar-refractivity contribution in [1.82, 2.24) is 0 Å². The number of carbonyl (C=O) groups excluding carboxylic acids is 1. The van der Waals surface area contributed by atoms with E-state index in [2.05, 4.69) is 13.0 Å². The second kappa shape index (κ2) is 4.30. The molecule has 2 bridgehead atoms. The van der Waals surface area contributed by atoms with E-state index in [-0.39, 0.29) is 17.6 Å². The van der Waals surface area contributed by atoms with Crippen molar-refractivity contribution in [3.05, 3.63) is 35.4 Å². The summed E-state index contributed by atoms with van der Waals surface area (Å²) in [5, 5.41) is 11.7. The van der Waals surface area contributed by atoms with Gasteiger partial charge in [0.05, 0.1) is 5.41 Å². The molecule has 5 rings (SSSR count). The van der Waals surface area contributed by atoms with Crippen molar-refractivity contribution in [2.24, 2.45) is 11.8 Å². The van der Waals surface area contributed by atoms with Gasteiger partial charge in [0.1, 0.15) is 5.60 Å². The van der Waals surface area contributed by atoms with E-state index in [0.29, 0.717) is 11.5 Å². The molecule has 23 heavy (non-hydrogen) atoms. The number of aliphatic hydroxyl groups is 1. The fourth-order valence-corrected chi connectivity index (χ4v) is 6.02. The van der Waals surface area contributed by atoms with Crippen LogP contribution in [0.4, 0.5) is 0 Å². The fraction of sp³-hybridized carbons (Fsp3) is 0.500. The summed E-state index contributed by atoms with van der Waals surface area (Å²) in [7, 11) is 0. The maximum absolute atomic E-state index is 12.6. The summed E-state index contributed by atoms with van der Waals surface area (Å²) in [4.78, 5) is 12.6. The molecule has 1 N–H and O–H groups in total. The van der Waals surface area contributed by atoms with Gasteiger partial charge in [-0.15, -0.1) is 0 Å². The minimum Gasteiger partial charge on any atom is -0.477 e. The molecule has 2 unspecified atom stereocenters. The molecular formula is C18H17IO4. The lowest BCUT2D eigenvalue weighted by molar-refractivity contribution is -0.156. The number of hydrogen-bond donors (Lipinski definition) is 1. The average molecular weight is 424 g/mol. The zero-order valence-electron chi connectivity index (χ0n) is 12.7. The molecule has 3 aliphatic carbocycles. The van der Waals surface area contributed by atoms with Crippen LogP contribution in [0.2, 0.25) is 0 Å². The highest BCUT2D eigenvalue weighted by Crippen LogP contribution is 2.67. The van der Waals surface area contributed by atoms with Crippen molar-refractivity contribution in [2.75, 3.05) is 0 Å². The first kappa shape index (κ1) is 14.3. The summed E-state index contributed by atoms with van der Waals surface area (Å²) in [5.41, 5.74) is 0.533. The molecular weight excluding hydrogens is 407 g/mol. The number of hydrogen-bond acceptors (Lipinski definition) is 4. The third-order valence-electron chi connectivity index (χ3n) is 6.59. The fourth-order valence-electron chi connectivity index (χ4n) is 5.67. The summed E-state index contributed by atoms with van der Waals surface area (Å²) in [5.74, 6) is 1.56. The summed E-state index contributed by atoms with van der Waals surface area (Å²) in [6.07, 6.45) is 5.44. The van der Waals surface area contributed by atoms with E-state index in [1.165, 1.54) is 11.6 Å². The third kappa shape index (κ3) is 1.37. The molecule has 1 aliphatic heterocycles. The first-order chi connectivity index (χ1) is 11.0. The van der Waals surface area contributed by atoms with E-state index in [4.69, 9.17) is 7.80 Å². The van der Waals surface area contributed by atoms with Crippen LogP contribution in [0.1, 0.15) is 30.9 Å². The van der Waals surface area contributed by atoms with Crippen molar-refractivity contribution in [2.45, 2.75) is 43.3 Å². The molecule has 1 aromatic carbocycles. The van der Waals surface area contributed by atoms with Gasteiger partial charge >= 0.3 is 0 Å². The lowest BCUT2D eigenvalue weighted by Gasteiger charge is -2.60. The Balaban J connectivity index is 1.92. The standard InChI is InChI=1S/C18H17IO4/c1-9-2-4-11-8-10-3-5-13(23-19)15-14(10)18(9)16(22-15)12(20)6-7-17(11,18)21/h3,5-7,9,11,16,21H,2,4,8H2,1H3/t9-,11+,16?,17?,18-/m0/s1. The van der Waals surface area contributed by atoms with Gasteiger partial charge < -0.3 is 12.9 Å². The Kier molecular flexibility index (Phi) is 2.67.